The Kier molecular flexibility index (Phi) is 5.74. The van der Waals surface area contributed by atoms with Crippen LogP contribution in [-0.4, -0.2) is 30.2 Å². The van der Waals surface area contributed by atoms with Gasteiger partial charge in [0.2, 0.25) is 12.7 Å². The van der Waals surface area contributed by atoms with Gasteiger partial charge in [-0.1, -0.05) is 35.9 Å². The standard InChI is InChI=1S/C22H25ClN2O3/c1-15-4-2-3-5-16(15)13-25-18(6-7-22(25)26)8-9-24-12-17-10-20-21(11-19(17)23)28-14-27-20/h2-5,10-11,18,24H,6-9,12-14H2,1H3/t18-/m0/s1. The Labute approximate surface area is 170 Å². The number of fused-ring (bicyclic) bond motifs is 1. The zero-order chi connectivity index (χ0) is 19.5. The predicted molar refractivity (Wildman–Crippen MR) is 109 cm³/mol. The number of nitrogens with one attached hydrogen (secondary N) is 1. The van der Waals surface area contributed by atoms with Gasteiger partial charge in [-0.05, 0) is 49.1 Å². The Morgan fingerprint density at radius 1 is 1.18 bits per heavy atom. The Bertz CT molecular complexity index is 871. The van der Waals surface area contributed by atoms with Crippen LogP contribution in [0.25, 0.3) is 0 Å². The zero-order valence-electron chi connectivity index (χ0n) is 16.0. The Hall–Kier alpha value is -2.24. The average Bonchev–Trinajstić information content (AvgIpc) is 3.27. The fourth-order valence-electron chi connectivity index (χ4n) is 3.87. The molecule has 2 aromatic rings. The molecule has 0 aromatic heterocycles. The lowest BCUT2D eigenvalue weighted by molar-refractivity contribution is -0.129. The molecule has 0 bridgehead atoms. The number of carbonyl (C=O) groups is 1. The lowest BCUT2D eigenvalue weighted by atomic mass is 10.1. The summed E-state index contributed by atoms with van der Waals surface area (Å²) in [4.78, 5) is 14.4. The number of amides is 1. The van der Waals surface area contributed by atoms with Gasteiger partial charge in [0.15, 0.2) is 11.5 Å². The van der Waals surface area contributed by atoms with Gasteiger partial charge in [0.25, 0.3) is 0 Å². The van der Waals surface area contributed by atoms with Gasteiger partial charge in [-0.2, -0.15) is 0 Å². The third-order valence-electron chi connectivity index (χ3n) is 5.57. The van der Waals surface area contributed by atoms with Crippen molar-refractivity contribution >= 4 is 17.5 Å². The number of carbonyl (C=O) groups excluding carboxylic acids is 1. The van der Waals surface area contributed by atoms with E-state index in [0.717, 1.165) is 30.7 Å². The third kappa shape index (κ3) is 4.10. The third-order valence-corrected chi connectivity index (χ3v) is 5.92. The van der Waals surface area contributed by atoms with Crippen LogP contribution < -0.4 is 14.8 Å². The summed E-state index contributed by atoms with van der Waals surface area (Å²) in [6.45, 7) is 4.53. The van der Waals surface area contributed by atoms with Gasteiger partial charge < -0.3 is 19.7 Å². The minimum atomic E-state index is 0.245. The van der Waals surface area contributed by atoms with Gasteiger partial charge in [-0.3, -0.25) is 4.79 Å². The maximum atomic E-state index is 12.4. The van der Waals surface area contributed by atoms with E-state index in [0.29, 0.717) is 30.3 Å². The molecule has 1 atom stereocenters. The average molecular weight is 401 g/mol. The highest BCUT2D eigenvalue weighted by Crippen LogP contribution is 2.36. The molecule has 0 aliphatic carbocycles. The minimum absolute atomic E-state index is 0.245. The molecule has 0 saturated carbocycles. The van der Waals surface area contributed by atoms with Gasteiger partial charge in [-0.25, -0.2) is 0 Å². The maximum Gasteiger partial charge on any atom is 0.231 e. The molecule has 2 aliphatic heterocycles. The summed E-state index contributed by atoms with van der Waals surface area (Å²) in [5.74, 6) is 1.70. The van der Waals surface area contributed by atoms with Gasteiger partial charge >= 0.3 is 0 Å². The van der Waals surface area contributed by atoms with Crippen molar-refractivity contribution in [1.82, 2.24) is 10.2 Å². The number of ether oxygens (including phenoxy) is 2. The van der Waals surface area contributed by atoms with E-state index in [9.17, 15) is 4.79 Å². The van der Waals surface area contributed by atoms with Gasteiger partial charge in [0.05, 0.1) is 0 Å². The first-order valence-electron chi connectivity index (χ1n) is 9.74. The monoisotopic (exact) mass is 400 g/mol. The van der Waals surface area contributed by atoms with Crippen molar-refractivity contribution in [2.45, 2.75) is 45.3 Å². The van der Waals surface area contributed by atoms with Crippen molar-refractivity contribution in [2.24, 2.45) is 0 Å². The highest BCUT2D eigenvalue weighted by atomic mass is 35.5. The van der Waals surface area contributed by atoms with Crippen LogP contribution in [0.1, 0.15) is 36.0 Å². The highest BCUT2D eigenvalue weighted by molar-refractivity contribution is 6.31. The number of likely N-dealkylation sites (tertiary alicyclic amines) is 1. The van der Waals surface area contributed by atoms with Crippen LogP contribution in [0.4, 0.5) is 0 Å². The summed E-state index contributed by atoms with van der Waals surface area (Å²) in [7, 11) is 0. The number of aryl methyl sites for hydroxylation is 1. The largest absolute Gasteiger partial charge is 0.454 e. The molecule has 28 heavy (non-hydrogen) atoms. The fourth-order valence-corrected chi connectivity index (χ4v) is 4.09. The van der Waals surface area contributed by atoms with E-state index in [1.807, 2.05) is 23.1 Å². The van der Waals surface area contributed by atoms with Crippen LogP contribution in [0.5, 0.6) is 11.5 Å². The summed E-state index contributed by atoms with van der Waals surface area (Å²) in [6.07, 6.45) is 2.50. The fraction of sp³-hybridized carbons (Fsp3) is 0.409. The van der Waals surface area contributed by atoms with Gasteiger partial charge in [-0.15, -0.1) is 0 Å². The van der Waals surface area contributed by atoms with Gasteiger partial charge in [0, 0.05) is 36.6 Å². The van der Waals surface area contributed by atoms with E-state index in [1.54, 1.807) is 6.07 Å². The molecule has 6 heteroatoms. The summed E-state index contributed by atoms with van der Waals surface area (Å²) in [5, 5.41) is 4.13. The van der Waals surface area contributed by atoms with E-state index in [2.05, 4.69) is 24.4 Å². The molecule has 0 spiro atoms. The van der Waals surface area contributed by atoms with E-state index in [4.69, 9.17) is 21.1 Å². The van der Waals surface area contributed by atoms with Crippen molar-refractivity contribution in [2.75, 3.05) is 13.3 Å². The van der Waals surface area contributed by atoms with Crippen molar-refractivity contribution < 1.29 is 14.3 Å². The van der Waals surface area contributed by atoms with Crippen LogP contribution in [0.15, 0.2) is 36.4 Å². The first kappa shape index (κ1) is 19.1. The lowest BCUT2D eigenvalue weighted by Gasteiger charge is -2.26. The molecule has 0 unspecified atom stereocenters. The summed E-state index contributed by atoms with van der Waals surface area (Å²) in [5.41, 5.74) is 3.45. The van der Waals surface area contributed by atoms with E-state index >= 15 is 0 Å². The van der Waals surface area contributed by atoms with E-state index < -0.39 is 0 Å². The number of hydrogen-bond donors (Lipinski definition) is 1. The van der Waals surface area contributed by atoms with Crippen molar-refractivity contribution in [3.63, 3.8) is 0 Å². The molecule has 5 nitrogen and oxygen atoms in total. The summed E-state index contributed by atoms with van der Waals surface area (Å²) in [6, 6.07) is 12.3. The topological polar surface area (TPSA) is 50.8 Å². The maximum absolute atomic E-state index is 12.4. The van der Waals surface area contributed by atoms with Crippen molar-refractivity contribution in [3.05, 3.63) is 58.1 Å². The normalized spacial score (nSPS) is 18.1. The molecule has 1 saturated heterocycles. The number of hydrogen-bond acceptors (Lipinski definition) is 4. The zero-order valence-corrected chi connectivity index (χ0v) is 16.8. The number of rotatable bonds is 7. The number of nitrogens with zero attached hydrogens (tertiary/aromatic N) is 1. The molecule has 2 aromatic carbocycles. The lowest BCUT2D eigenvalue weighted by Crippen LogP contribution is -2.34. The highest BCUT2D eigenvalue weighted by Gasteiger charge is 2.30. The molecule has 2 heterocycles. The van der Waals surface area contributed by atoms with Crippen molar-refractivity contribution in [3.8, 4) is 11.5 Å². The van der Waals surface area contributed by atoms with E-state index in [-0.39, 0.29) is 18.7 Å². The van der Waals surface area contributed by atoms with Crippen LogP contribution >= 0.6 is 11.6 Å². The van der Waals surface area contributed by atoms with Crippen LogP contribution in [-0.2, 0) is 17.9 Å². The smallest absolute Gasteiger partial charge is 0.231 e. The Morgan fingerprint density at radius 3 is 2.79 bits per heavy atom. The first-order valence-corrected chi connectivity index (χ1v) is 10.1. The molecule has 1 N–H and O–H groups in total. The van der Waals surface area contributed by atoms with Gasteiger partial charge in [0.1, 0.15) is 0 Å². The Morgan fingerprint density at radius 2 is 1.96 bits per heavy atom. The molecule has 0 radical (unpaired) electrons. The summed E-state index contributed by atoms with van der Waals surface area (Å²) < 4.78 is 10.8. The minimum Gasteiger partial charge on any atom is -0.454 e. The second-order valence-electron chi connectivity index (χ2n) is 7.40. The molecule has 4 rings (SSSR count). The molecule has 148 valence electrons. The SMILES string of the molecule is Cc1ccccc1CN1C(=O)CC[C@H]1CCNCc1cc2c(cc1Cl)OCO2. The first-order chi connectivity index (χ1) is 13.6. The predicted octanol–water partition coefficient (Wildman–Crippen LogP) is 4.05. The summed E-state index contributed by atoms with van der Waals surface area (Å²) >= 11 is 6.33. The molecular weight excluding hydrogens is 376 g/mol. The Balaban J connectivity index is 1.31. The van der Waals surface area contributed by atoms with Crippen LogP contribution in [0, 0.1) is 6.92 Å². The number of halogens is 1. The molecular formula is C22H25ClN2O3. The van der Waals surface area contributed by atoms with Crippen LogP contribution in [0.2, 0.25) is 5.02 Å². The molecule has 1 amide bonds. The quantitative estimate of drug-likeness (QED) is 0.712. The molecule has 2 aliphatic rings. The second kappa shape index (κ2) is 8.41. The molecule has 1 fully saturated rings. The van der Waals surface area contributed by atoms with Crippen molar-refractivity contribution in [1.29, 1.82) is 0 Å². The second-order valence-corrected chi connectivity index (χ2v) is 7.81. The number of benzene rings is 2. The van der Waals surface area contributed by atoms with Crippen LogP contribution in [0.3, 0.4) is 0 Å². The van der Waals surface area contributed by atoms with E-state index in [1.165, 1.54) is 11.1 Å².